The molecule has 1 aliphatic heterocycles. The molecule has 0 fully saturated rings. The summed E-state index contributed by atoms with van der Waals surface area (Å²) in [4.78, 5) is 5.57. The van der Waals surface area contributed by atoms with Gasteiger partial charge in [-0.2, -0.15) is 0 Å². The zero-order chi connectivity index (χ0) is 27.4. The Labute approximate surface area is 243 Å². The van der Waals surface area contributed by atoms with Gasteiger partial charge < -0.3 is 4.57 Å². The molecule has 2 heteroatoms. The van der Waals surface area contributed by atoms with Crippen LogP contribution in [0.3, 0.4) is 0 Å². The Morgan fingerprint density at radius 1 is 0.452 bits per heavy atom. The fourth-order valence-corrected chi connectivity index (χ4v) is 8.07. The topological polar surface area (TPSA) is 17.8 Å². The molecule has 194 valence electrons. The summed E-state index contributed by atoms with van der Waals surface area (Å²) < 4.78 is 2.50. The minimum absolute atomic E-state index is 0.506. The molecular weight excluding hydrogens is 508 g/mol. The molecule has 0 saturated carbocycles. The minimum atomic E-state index is -0.506. The van der Waals surface area contributed by atoms with Crippen molar-refractivity contribution in [1.82, 2.24) is 9.55 Å². The first kappa shape index (κ1) is 22.2. The number of hydrogen-bond donors (Lipinski definition) is 0. The number of aromatic nitrogens is 2. The van der Waals surface area contributed by atoms with Crippen molar-refractivity contribution in [3.63, 3.8) is 0 Å². The Kier molecular flexibility index (Phi) is 4.15. The fourth-order valence-electron chi connectivity index (χ4n) is 8.07. The van der Waals surface area contributed by atoms with Crippen LogP contribution in [-0.4, -0.2) is 9.55 Å². The summed E-state index contributed by atoms with van der Waals surface area (Å²) in [5.41, 5.74) is 13.0. The van der Waals surface area contributed by atoms with Gasteiger partial charge in [-0.15, -0.1) is 0 Å². The van der Waals surface area contributed by atoms with Gasteiger partial charge in [0.2, 0.25) is 0 Å². The van der Waals surface area contributed by atoms with Crippen molar-refractivity contribution in [2.45, 2.75) is 5.41 Å². The quantitative estimate of drug-likeness (QED) is 0.206. The maximum Gasteiger partial charge on any atom is 0.0788 e. The smallest absolute Gasteiger partial charge is 0.0788 e. The molecule has 2 aromatic heterocycles. The molecule has 0 N–H and O–H groups in total. The van der Waals surface area contributed by atoms with E-state index in [4.69, 9.17) is 4.98 Å². The highest BCUT2D eigenvalue weighted by Crippen LogP contribution is 2.62. The Morgan fingerprint density at radius 3 is 1.98 bits per heavy atom. The van der Waals surface area contributed by atoms with Crippen molar-refractivity contribution in [2.24, 2.45) is 0 Å². The van der Waals surface area contributed by atoms with Crippen LogP contribution in [0.2, 0.25) is 0 Å². The molecule has 1 atom stereocenters. The number of fused-ring (bicyclic) bond motifs is 14. The van der Waals surface area contributed by atoms with Crippen molar-refractivity contribution < 1.29 is 0 Å². The highest BCUT2D eigenvalue weighted by Gasteiger charge is 2.52. The number of pyridine rings is 1. The van der Waals surface area contributed by atoms with Gasteiger partial charge >= 0.3 is 0 Å². The lowest BCUT2D eigenvalue weighted by molar-refractivity contribution is 0.753. The molecule has 10 rings (SSSR count). The molecule has 2 aliphatic rings. The lowest BCUT2D eigenvalue weighted by Crippen LogP contribution is -2.33. The SMILES string of the molecule is c1ccc(-c2nc3c(c4ccccc24)C2(c4ccccc4-3)c3ccccc3-n3c4ccccc4c4cccc2c43)cc1. The summed E-state index contributed by atoms with van der Waals surface area (Å²) in [5, 5.41) is 5.02. The van der Waals surface area contributed by atoms with Crippen molar-refractivity contribution >= 4 is 32.6 Å². The van der Waals surface area contributed by atoms with E-state index in [1.807, 2.05) is 0 Å². The molecule has 42 heavy (non-hydrogen) atoms. The second-order valence-corrected chi connectivity index (χ2v) is 11.5. The molecule has 0 radical (unpaired) electrons. The summed E-state index contributed by atoms with van der Waals surface area (Å²) >= 11 is 0. The van der Waals surface area contributed by atoms with Crippen LogP contribution in [0.5, 0.6) is 0 Å². The summed E-state index contributed by atoms with van der Waals surface area (Å²) in [7, 11) is 0. The van der Waals surface area contributed by atoms with Gasteiger partial charge in [0.25, 0.3) is 0 Å². The molecule has 1 spiro atoms. The first-order chi connectivity index (χ1) is 20.9. The van der Waals surface area contributed by atoms with Crippen LogP contribution in [0.1, 0.15) is 22.3 Å². The van der Waals surface area contributed by atoms with Gasteiger partial charge in [-0.05, 0) is 34.2 Å². The largest absolute Gasteiger partial charge is 0.309 e. The first-order valence-corrected chi connectivity index (χ1v) is 14.6. The number of para-hydroxylation sites is 3. The Bertz CT molecular complexity index is 2410. The summed E-state index contributed by atoms with van der Waals surface area (Å²) in [6.45, 7) is 0. The third kappa shape index (κ3) is 2.50. The molecule has 0 bridgehead atoms. The van der Waals surface area contributed by atoms with E-state index >= 15 is 0 Å². The van der Waals surface area contributed by atoms with Gasteiger partial charge in [0.05, 0.1) is 33.5 Å². The monoisotopic (exact) mass is 532 g/mol. The zero-order valence-electron chi connectivity index (χ0n) is 22.8. The standard InChI is InChI=1S/C40H24N2/c1-2-13-25(14-3-1)37-28-17-5-4-16-27(28)36-38(41-37)30-18-6-8-20-31(30)40(36)32-21-9-11-24-35(32)42-34-23-10-7-15-26(34)29-19-12-22-33(40)39(29)42/h1-24H. The van der Waals surface area contributed by atoms with Crippen molar-refractivity contribution in [1.29, 1.82) is 0 Å². The summed E-state index contributed by atoms with van der Waals surface area (Å²) in [6, 6.07) is 53.2. The molecular formula is C40H24N2. The Hall–Kier alpha value is -5.47. The predicted molar refractivity (Wildman–Crippen MR) is 172 cm³/mol. The van der Waals surface area contributed by atoms with Gasteiger partial charge in [0.15, 0.2) is 0 Å². The van der Waals surface area contributed by atoms with Crippen LogP contribution < -0.4 is 0 Å². The van der Waals surface area contributed by atoms with Gasteiger partial charge in [0, 0.05) is 32.8 Å². The number of benzene rings is 6. The van der Waals surface area contributed by atoms with E-state index in [2.05, 4.69) is 150 Å². The number of rotatable bonds is 1. The maximum absolute atomic E-state index is 5.57. The van der Waals surface area contributed by atoms with Crippen LogP contribution in [0.15, 0.2) is 146 Å². The second kappa shape index (κ2) is 7.84. The minimum Gasteiger partial charge on any atom is -0.309 e. The van der Waals surface area contributed by atoms with E-state index < -0.39 is 5.41 Å². The van der Waals surface area contributed by atoms with Gasteiger partial charge in [-0.1, -0.05) is 133 Å². The van der Waals surface area contributed by atoms with Crippen molar-refractivity contribution in [3.8, 4) is 28.2 Å². The van der Waals surface area contributed by atoms with Crippen molar-refractivity contribution in [2.75, 3.05) is 0 Å². The van der Waals surface area contributed by atoms with Gasteiger partial charge in [-0.25, -0.2) is 4.98 Å². The third-order valence-electron chi connectivity index (χ3n) is 9.57. The van der Waals surface area contributed by atoms with Gasteiger partial charge in [-0.3, -0.25) is 0 Å². The molecule has 1 aliphatic carbocycles. The highest BCUT2D eigenvalue weighted by atomic mass is 15.0. The average molecular weight is 533 g/mol. The van der Waals surface area contributed by atoms with Crippen molar-refractivity contribution in [3.05, 3.63) is 168 Å². The zero-order valence-corrected chi connectivity index (χ0v) is 22.8. The average Bonchev–Trinajstić information content (AvgIpc) is 3.56. The summed E-state index contributed by atoms with van der Waals surface area (Å²) in [6.07, 6.45) is 0. The predicted octanol–water partition coefficient (Wildman–Crippen LogP) is 9.68. The Balaban J connectivity index is 1.48. The second-order valence-electron chi connectivity index (χ2n) is 11.5. The maximum atomic E-state index is 5.57. The first-order valence-electron chi connectivity index (χ1n) is 14.6. The lowest BCUT2D eigenvalue weighted by atomic mass is 9.64. The van der Waals surface area contributed by atoms with Gasteiger partial charge in [0.1, 0.15) is 0 Å². The fraction of sp³-hybridized carbons (Fsp3) is 0.0250. The van der Waals surface area contributed by atoms with Crippen LogP contribution in [0, 0.1) is 0 Å². The van der Waals surface area contributed by atoms with E-state index in [1.165, 1.54) is 66.1 Å². The van der Waals surface area contributed by atoms with E-state index in [-0.39, 0.29) is 0 Å². The highest BCUT2D eigenvalue weighted by molar-refractivity contribution is 6.14. The lowest BCUT2D eigenvalue weighted by Gasteiger charge is -2.40. The van der Waals surface area contributed by atoms with Crippen LogP contribution in [0.4, 0.5) is 0 Å². The van der Waals surface area contributed by atoms with E-state index in [0.29, 0.717) is 0 Å². The summed E-state index contributed by atoms with van der Waals surface area (Å²) in [5.74, 6) is 0. The Morgan fingerprint density at radius 2 is 1.10 bits per heavy atom. The molecule has 3 heterocycles. The van der Waals surface area contributed by atoms with Crippen LogP contribution >= 0.6 is 0 Å². The third-order valence-corrected chi connectivity index (χ3v) is 9.57. The number of nitrogens with zero attached hydrogens (tertiary/aromatic N) is 2. The molecule has 2 nitrogen and oxygen atoms in total. The molecule has 8 aromatic rings. The van der Waals surface area contributed by atoms with E-state index in [0.717, 1.165) is 17.0 Å². The van der Waals surface area contributed by atoms with E-state index in [9.17, 15) is 0 Å². The molecule has 1 unspecified atom stereocenters. The molecule has 0 amide bonds. The normalized spacial score (nSPS) is 16.2. The molecule has 6 aromatic carbocycles. The van der Waals surface area contributed by atoms with Crippen LogP contribution in [-0.2, 0) is 5.41 Å². The molecule has 0 saturated heterocycles. The van der Waals surface area contributed by atoms with E-state index in [1.54, 1.807) is 0 Å². The number of hydrogen-bond acceptors (Lipinski definition) is 1. The van der Waals surface area contributed by atoms with Crippen LogP contribution in [0.25, 0.3) is 60.8 Å².